The molecule has 0 aromatic carbocycles. The normalized spacial score (nSPS) is 12.0. The first kappa shape index (κ1) is 6.18. The van der Waals surface area contributed by atoms with Crippen LogP contribution in [0.15, 0.2) is 0 Å². The summed E-state index contributed by atoms with van der Waals surface area (Å²) < 4.78 is 0. The van der Waals surface area contributed by atoms with Crippen molar-refractivity contribution < 1.29 is 0 Å². The summed E-state index contributed by atoms with van der Waals surface area (Å²) in [7, 11) is 2.14. The van der Waals surface area contributed by atoms with Crippen molar-refractivity contribution in [3.63, 3.8) is 0 Å². The molecule has 0 aliphatic carbocycles. The highest BCUT2D eigenvalue weighted by Crippen LogP contribution is 1.90. The van der Waals surface area contributed by atoms with Crippen LogP contribution < -0.4 is 4.98 Å². The Morgan fingerprint density at radius 3 is 2.00 bits per heavy atom. The van der Waals surface area contributed by atoms with Crippen LogP contribution >= 0.6 is 0 Å². The van der Waals surface area contributed by atoms with Gasteiger partial charge in [-0.15, -0.1) is 0 Å². The van der Waals surface area contributed by atoms with Gasteiger partial charge in [0.05, 0.1) is 9.68 Å². The minimum absolute atomic E-state index is 0.106. The third-order valence-electron chi connectivity index (χ3n) is 0.612. The largest absolute Gasteiger partial charge is 0.345 e. The zero-order valence-electron chi connectivity index (χ0n) is 4.78. The van der Waals surface area contributed by atoms with Crippen LogP contribution in [0.5, 0.6) is 0 Å². The summed E-state index contributed by atoms with van der Waals surface area (Å²) in [6, 6.07) is 0. The lowest BCUT2D eigenvalue weighted by atomic mass is 10.6. The van der Waals surface area contributed by atoms with E-state index in [9.17, 15) is 0 Å². The summed E-state index contributed by atoms with van der Waals surface area (Å²) in [5.41, 5.74) is 0.926. The molecule has 2 heteroatoms. The zero-order chi connectivity index (χ0) is 4.99. The van der Waals surface area contributed by atoms with Crippen LogP contribution in [0.1, 0.15) is 13.8 Å². The van der Waals surface area contributed by atoms with Gasteiger partial charge < -0.3 is 4.98 Å². The van der Waals surface area contributed by atoms with Gasteiger partial charge >= 0.3 is 0 Å². The molecule has 0 aliphatic heterocycles. The summed E-state index contributed by atoms with van der Waals surface area (Å²) >= 11 is 0. The molecule has 0 aliphatic rings. The van der Waals surface area contributed by atoms with E-state index in [1.54, 1.807) is 0 Å². The highest BCUT2D eigenvalue weighted by atomic mass is 28.2. The SMILES string of the molecule is CN[SiH2]C(C)C. The Hall–Kier alpha value is 0.177. The highest BCUT2D eigenvalue weighted by molar-refractivity contribution is 6.33. The van der Waals surface area contributed by atoms with Crippen LogP contribution in [0.3, 0.4) is 0 Å². The van der Waals surface area contributed by atoms with E-state index in [2.05, 4.69) is 18.8 Å². The topological polar surface area (TPSA) is 12.0 Å². The number of hydrogen-bond acceptors (Lipinski definition) is 1. The van der Waals surface area contributed by atoms with E-state index in [-0.39, 0.29) is 9.68 Å². The van der Waals surface area contributed by atoms with E-state index in [1.807, 2.05) is 7.05 Å². The highest BCUT2D eigenvalue weighted by Gasteiger charge is 1.86. The fraction of sp³-hybridized carbons (Fsp3) is 1.00. The summed E-state index contributed by atoms with van der Waals surface area (Å²) in [6.07, 6.45) is 0. The van der Waals surface area contributed by atoms with Gasteiger partial charge in [0.15, 0.2) is 0 Å². The van der Waals surface area contributed by atoms with Crippen LogP contribution in [0.2, 0.25) is 5.54 Å². The lowest BCUT2D eigenvalue weighted by Gasteiger charge is -1.96. The first-order chi connectivity index (χ1) is 2.77. The minimum atomic E-state index is 0.106. The molecule has 0 heterocycles. The molecule has 0 aromatic rings. The van der Waals surface area contributed by atoms with E-state index in [1.165, 1.54) is 0 Å². The van der Waals surface area contributed by atoms with Gasteiger partial charge in [0.25, 0.3) is 0 Å². The van der Waals surface area contributed by atoms with Crippen LogP contribution in [0, 0.1) is 0 Å². The van der Waals surface area contributed by atoms with Gasteiger partial charge in [-0.2, -0.15) is 0 Å². The molecule has 0 atom stereocenters. The molecule has 0 unspecified atom stereocenters. The second-order valence-corrected chi connectivity index (χ2v) is 4.70. The van der Waals surface area contributed by atoms with Crippen molar-refractivity contribution in [3.05, 3.63) is 0 Å². The molecule has 1 nitrogen and oxygen atoms in total. The van der Waals surface area contributed by atoms with Gasteiger partial charge in [-0.25, -0.2) is 0 Å². The molecule has 0 bridgehead atoms. The van der Waals surface area contributed by atoms with Gasteiger partial charge in [-0.05, 0) is 12.6 Å². The van der Waals surface area contributed by atoms with Crippen molar-refractivity contribution in [1.29, 1.82) is 0 Å². The maximum atomic E-state index is 3.21. The first-order valence-electron chi connectivity index (χ1n) is 2.42. The summed E-state index contributed by atoms with van der Waals surface area (Å²) in [4.78, 5) is 3.21. The second-order valence-electron chi connectivity index (χ2n) is 1.95. The third-order valence-corrected chi connectivity index (χ3v) is 1.84. The monoisotopic (exact) mass is 103 g/mol. The maximum absolute atomic E-state index is 3.21. The van der Waals surface area contributed by atoms with Crippen molar-refractivity contribution >= 4 is 9.68 Å². The Labute approximate surface area is 42.0 Å². The van der Waals surface area contributed by atoms with Gasteiger partial charge in [-0.3, -0.25) is 0 Å². The smallest absolute Gasteiger partial charge is 0.0939 e. The minimum Gasteiger partial charge on any atom is -0.345 e. The van der Waals surface area contributed by atoms with E-state index in [4.69, 9.17) is 0 Å². The lowest BCUT2D eigenvalue weighted by Crippen LogP contribution is -2.14. The number of rotatable bonds is 2. The summed E-state index contributed by atoms with van der Waals surface area (Å²) in [5.74, 6) is 0. The van der Waals surface area contributed by atoms with Gasteiger partial charge in [0.1, 0.15) is 0 Å². The predicted octanol–water partition coefficient (Wildman–Crippen LogP) is 0.118. The van der Waals surface area contributed by atoms with E-state index in [0.717, 1.165) is 5.54 Å². The first-order valence-corrected chi connectivity index (χ1v) is 3.94. The molecule has 0 amide bonds. The standard InChI is InChI=1S/C4H13NSi/c1-4(2)6-5-3/h4-5H,6H2,1-3H3. The summed E-state index contributed by atoms with van der Waals surface area (Å²) in [6.45, 7) is 4.51. The molecule has 0 saturated heterocycles. The number of hydrogen-bond donors (Lipinski definition) is 1. The molecule has 0 rings (SSSR count). The van der Waals surface area contributed by atoms with Crippen molar-refractivity contribution in [1.82, 2.24) is 4.98 Å². The van der Waals surface area contributed by atoms with Crippen LogP contribution in [-0.2, 0) is 0 Å². The van der Waals surface area contributed by atoms with E-state index >= 15 is 0 Å². The van der Waals surface area contributed by atoms with E-state index in [0.29, 0.717) is 0 Å². The molecule has 0 fully saturated rings. The van der Waals surface area contributed by atoms with Crippen LogP contribution in [0.25, 0.3) is 0 Å². The van der Waals surface area contributed by atoms with Crippen molar-refractivity contribution in [3.8, 4) is 0 Å². The molecule has 1 N–H and O–H groups in total. The molecular weight excluding hydrogens is 90.1 g/mol. The van der Waals surface area contributed by atoms with E-state index < -0.39 is 0 Å². The maximum Gasteiger partial charge on any atom is 0.0939 e. The quantitative estimate of drug-likeness (QED) is 0.489. The molecule has 0 aromatic heterocycles. The van der Waals surface area contributed by atoms with Crippen molar-refractivity contribution in [2.45, 2.75) is 19.4 Å². The second kappa shape index (κ2) is 3.37. The number of nitrogens with one attached hydrogen (secondary N) is 1. The Kier molecular flexibility index (Phi) is 3.47. The average Bonchev–Trinajstić information content (AvgIpc) is 1.35. The Morgan fingerprint density at radius 2 is 2.00 bits per heavy atom. The van der Waals surface area contributed by atoms with Gasteiger partial charge in [-0.1, -0.05) is 13.8 Å². The third kappa shape index (κ3) is 4.18. The summed E-state index contributed by atoms with van der Waals surface area (Å²) in [5, 5.41) is 0. The molecule has 38 valence electrons. The molecule has 0 radical (unpaired) electrons. The fourth-order valence-corrected chi connectivity index (χ4v) is 1.22. The Bertz CT molecular complexity index is 28.7. The lowest BCUT2D eigenvalue weighted by molar-refractivity contribution is 1.02. The Morgan fingerprint density at radius 1 is 1.50 bits per heavy atom. The molecular formula is C4H13NSi. The van der Waals surface area contributed by atoms with Crippen molar-refractivity contribution in [2.75, 3.05) is 7.05 Å². The molecule has 0 spiro atoms. The Balaban J connectivity index is 2.63. The van der Waals surface area contributed by atoms with Crippen LogP contribution in [0.4, 0.5) is 0 Å². The zero-order valence-corrected chi connectivity index (χ0v) is 6.20. The van der Waals surface area contributed by atoms with Crippen LogP contribution in [-0.4, -0.2) is 16.7 Å². The fourth-order valence-electron chi connectivity index (χ4n) is 0.408. The average molecular weight is 103 g/mol. The molecule has 6 heavy (non-hydrogen) atoms. The van der Waals surface area contributed by atoms with Gasteiger partial charge in [0, 0.05) is 0 Å². The van der Waals surface area contributed by atoms with Crippen molar-refractivity contribution in [2.24, 2.45) is 0 Å². The predicted molar refractivity (Wildman–Crippen MR) is 32.7 cm³/mol. The van der Waals surface area contributed by atoms with Gasteiger partial charge in [0.2, 0.25) is 0 Å². The molecule has 0 saturated carbocycles.